The number of rotatable bonds is 4. The zero-order valence-corrected chi connectivity index (χ0v) is 14.2. The summed E-state index contributed by atoms with van der Waals surface area (Å²) in [6.45, 7) is 2.38. The molecule has 0 aromatic heterocycles. The van der Waals surface area contributed by atoms with Gasteiger partial charge in [0.2, 0.25) is 0 Å². The van der Waals surface area contributed by atoms with Gasteiger partial charge in [-0.2, -0.15) is 0 Å². The summed E-state index contributed by atoms with van der Waals surface area (Å²) in [6, 6.07) is 6.15. The molecule has 2 heterocycles. The summed E-state index contributed by atoms with van der Waals surface area (Å²) in [5.74, 6) is 1.34. The van der Waals surface area contributed by atoms with E-state index in [1.807, 2.05) is 12.1 Å². The molecule has 2 fully saturated rings. The monoisotopic (exact) mass is 346 g/mol. The van der Waals surface area contributed by atoms with Gasteiger partial charge >= 0.3 is 6.03 Å². The number of benzene rings is 1. The minimum Gasteiger partial charge on any atom is -0.486 e. The molecule has 1 aromatic carbocycles. The fourth-order valence-corrected chi connectivity index (χ4v) is 3.63. The predicted octanol–water partition coefficient (Wildman–Crippen LogP) is 0.166. The summed E-state index contributed by atoms with van der Waals surface area (Å²) < 4.78 is 11.2. The van der Waals surface area contributed by atoms with Gasteiger partial charge in [0.1, 0.15) is 19.3 Å². The molecule has 2 aliphatic heterocycles. The van der Waals surface area contributed by atoms with Crippen molar-refractivity contribution in [2.75, 3.05) is 26.3 Å². The number of quaternary nitrogens is 1. The van der Waals surface area contributed by atoms with Gasteiger partial charge in [-0.15, -0.1) is 0 Å². The maximum absolute atomic E-state index is 12.2. The van der Waals surface area contributed by atoms with Crippen LogP contribution in [-0.2, 0) is 4.79 Å². The molecule has 1 saturated carbocycles. The number of fused-ring (bicyclic) bond motifs is 1. The fourth-order valence-electron chi connectivity index (χ4n) is 3.63. The molecule has 3 amide bonds. The van der Waals surface area contributed by atoms with E-state index in [9.17, 15) is 9.59 Å². The van der Waals surface area contributed by atoms with E-state index in [-0.39, 0.29) is 24.0 Å². The Morgan fingerprint density at radius 2 is 1.92 bits per heavy atom. The van der Waals surface area contributed by atoms with Gasteiger partial charge < -0.3 is 19.7 Å². The molecule has 1 unspecified atom stereocenters. The molecule has 7 heteroatoms. The lowest BCUT2D eigenvalue weighted by Gasteiger charge is -2.23. The maximum atomic E-state index is 12.2. The molecule has 3 aliphatic rings. The van der Waals surface area contributed by atoms with E-state index in [0.29, 0.717) is 19.8 Å². The molecule has 7 nitrogen and oxygen atoms in total. The Labute approximate surface area is 146 Å². The molecule has 0 radical (unpaired) electrons. The van der Waals surface area contributed by atoms with Gasteiger partial charge in [0.15, 0.2) is 18.0 Å². The van der Waals surface area contributed by atoms with Crippen LogP contribution in [-0.4, -0.2) is 44.3 Å². The number of imide groups is 1. The third-order valence-electron chi connectivity index (χ3n) is 5.01. The first-order valence-corrected chi connectivity index (χ1v) is 9.03. The Bertz CT molecular complexity index is 674. The first-order chi connectivity index (χ1) is 12.2. The van der Waals surface area contributed by atoms with Crippen LogP contribution in [0, 0.1) is 0 Å². The topological polar surface area (TPSA) is 81.1 Å². The zero-order valence-electron chi connectivity index (χ0n) is 14.2. The Kier molecular flexibility index (Phi) is 4.48. The van der Waals surface area contributed by atoms with E-state index >= 15 is 0 Å². The van der Waals surface area contributed by atoms with Gasteiger partial charge in [0.05, 0.1) is 6.54 Å². The van der Waals surface area contributed by atoms with Crippen molar-refractivity contribution < 1.29 is 24.0 Å². The van der Waals surface area contributed by atoms with Gasteiger partial charge in [0.25, 0.3) is 5.91 Å². The number of likely N-dealkylation sites (tertiary alicyclic amines) is 1. The molecular weight excluding hydrogens is 322 g/mol. The molecule has 25 heavy (non-hydrogen) atoms. The molecule has 134 valence electrons. The van der Waals surface area contributed by atoms with Crippen LogP contribution in [0.3, 0.4) is 0 Å². The number of hydrogen-bond acceptors (Lipinski definition) is 4. The van der Waals surface area contributed by atoms with Crippen LogP contribution in [0.4, 0.5) is 4.79 Å². The van der Waals surface area contributed by atoms with Gasteiger partial charge in [-0.05, 0) is 31.0 Å². The lowest BCUT2D eigenvalue weighted by atomic mass is 10.0. The van der Waals surface area contributed by atoms with Crippen LogP contribution >= 0.6 is 0 Å². The Morgan fingerprint density at radius 3 is 2.72 bits per heavy atom. The molecular formula is C18H24N3O4+. The standard InChI is InChI=1S/C18H23N3O4/c22-17(20-18(23)19-13-4-5-13)11-21-7-1-2-14(21)12-3-6-15-16(10-12)25-9-8-24-15/h3,6,10,13-14H,1-2,4-5,7-9,11H2,(H2,19,20,22,23)/p+1/t14-/m1/s1. The van der Waals surface area contributed by atoms with E-state index in [1.165, 1.54) is 4.90 Å². The summed E-state index contributed by atoms with van der Waals surface area (Å²) in [6.07, 6.45) is 4.10. The van der Waals surface area contributed by atoms with Crippen LogP contribution in [0.5, 0.6) is 11.5 Å². The second-order valence-corrected chi connectivity index (χ2v) is 6.98. The van der Waals surface area contributed by atoms with Crippen LogP contribution in [0.25, 0.3) is 0 Å². The van der Waals surface area contributed by atoms with Crippen LogP contribution in [0.2, 0.25) is 0 Å². The van der Waals surface area contributed by atoms with E-state index < -0.39 is 0 Å². The van der Waals surface area contributed by atoms with E-state index in [2.05, 4.69) is 16.7 Å². The zero-order chi connectivity index (χ0) is 17.2. The van der Waals surface area contributed by atoms with Crippen LogP contribution in [0.15, 0.2) is 18.2 Å². The van der Waals surface area contributed by atoms with E-state index in [1.54, 1.807) is 0 Å². The molecule has 0 spiro atoms. The van der Waals surface area contributed by atoms with Crippen molar-refractivity contribution in [2.24, 2.45) is 0 Å². The molecule has 2 atom stereocenters. The minimum absolute atomic E-state index is 0.224. The molecule has 1 aliphatic carbocycles. The third-order valence-corrected chi connectivity index (χ3v) is 5.01. The number of ether oxygens (including phenoxy) is 2. The molecule has 1 saturated heterocycles. The molecule has 0 bridgehead atoms. The SMILES string of the molecule is O=C(C[NH+]1CCC[C@@H]1c1ccc2c(c1)OCCO2)NC(=O)NC1CC1. The number of carbonyl (C=O) groups is 2. The minimum atomic E-state index is -0.373. The summed E-state index contributed by atoms with van der Waals surface area (Å²) >= 11 is 0. The fraction of sp³-hybridized carbons (Fsp3) is 0.556. The Morgan fingerprint density at radius 1 is 1.12 bits per heavy atom. The van der Waals surface area contributed by atoms with Crippen molar-refractivity contribution in [3.8, 4) is 11.5 Å². The summed E-state index contributed by atoms with van der Waals surface area (Å²) in [4.78, 5) is 25.1. The van der Waals surface area contributed by atoms with Gasteiger partial charge in [-0.25, -0.2) is 4.79 Å². The van der Waals surface area contributed by atoms with E-state index in [0.717, 1.165) is 49.3 Å². The highest BCUT2D eigenvalue weighted by atomic mass is 16.6. The third kappa shape index (κ3) is 3.87. The summed E-state index contributed by atoms with van der Waals surface area (Å²) in [5.41, 5.74) is 1.16. The van der Waals surface area contributed by atoms with Crippen molar-refractivity contribution in [3.63, 3.8) is 0 Å². The van der Waals surface area contributed by atoms with Crippen molar-refractivity contribution in [2.45, 2.75) is 37.8 Å². The highest BCUT2D eigenvalue weighted by molar-refractivity contribution is 5.94. The van der Waals surface area contributed by atoms with E-state index in [4.69, 9.17) is 9.47 Å². The molecule has 4 rings (SSSR count). The highest BCUT2D eigenvalue weighted by Crippen LogP contribution is 2.33. The largest absolute Gasteiger partial charge is 0.486 e. The highest BCUT2D eigenvalue weighted by Gasteiger charge is 2.33. The predicted molar refractivity (Wildman–Crippen MR) is 89.8 cm³/mol. The van der Waals surface area contributed by atoms with Crippen LogP contribution in [0.1, 0.15) is 37.3 Å². The molecule has 3 N–H and O–H groups in total. The van der Waals surface area contributed by atoms with Crippen molar-refractivity contribution in [3.05, 3.63) is 23.8 Å². The number of amides is 3. The first kappa shape index (κ1) is 16.2. The summed E-state index contributed by atoms with van der Waals surface area (Å²) in [5, 5.41) is 5.22. The maximum Gasteiger partial charge on any atom is 0.321 e. The second-order valence-electron chi connectivity index (χ2n) is 6.98. The molecule has 1 aromatic rings. The van der Waals surface area contributed by atoms with Gasteiger partial charge in [-0.1, -0.05) is 0 Å². The van der Waals surface area contributed by atoms with Crippen molar-refractivity contribution >= 4 is 11.9 Å². The second kappa shape index (κ2) is 6.92. The lowest BCUT2D eigenvalue weighted by Crippen LogP contribution is -3.11. The van der Waals surface area contributed by atoms with Gasteiger partial charge in [-0.3, -0.25) is 10.1 Å². The Balaban J connectivity index is 1.38. The number of carbonyl (C=O) groups excluding carboxylic acids is 2. The summed E-state index contributed by atoms with van der Waals surface area (Å²) in [7, 11) is 0. The van der Waals surface area contributed by atoms with Crippen molar-refractivity contribution in [1.29, 1.82) is 0 Å². The smallest absolute Gasteiger partial charge is 0.321 e. The lowest BCUT2D eigenvalue weighted by molar-refractivity contribution is -0.910. The number of hydrogen-bond donors (Lipinski definition) is 3. The van der Waals surface area contributed by atoms with Gasteiger partial charge in [0, 0.05) is 24.4 Å². The number of nitrogens with one attached hydrogen (secondary N) is 3. The normalized spacial score (nSPS) is 24.6. The average Bonchev–Trinajstić information content (AvgIpc) is 3.29. The van der Waals surface area contributed by atoms with Crippen molar-refractivity contribution in [1.82, 2.24) is 10.6 Å². The average molecular weight is 346 g/mol. The quantitative estimate of drug-likeness (QED) is 0.726. The first-order valence-electron chi connectivity index (χ1n) is 9.03. The Hall–Kier alpha value is -2.28. The van der Waals surface area contributed by atoms with Crippen LogP contribution < -0.4 is 25.0 Å². The number of urea groups is 1.